The summed E-state index contributed by atoms with van der Waals surface area (Å²) in [6.07, 6.45) is 0. The zero-order chi connectivity index (χ0) is 18.7. The Bertz CT molecular complexity index is 815. The predicted octanol–water partition coefficient (Wildman–Crippen LogP) is 3.36. The molecule has 1 aromatic carbocycles. The van der Waals surface area contributed by atoms with Crippen LogP contribution in [0, 0.1) is 25.5 Å². The number of ether oxygens (including phenoxy) is 1. The Kier molecular flexibility index (Phi) is 5.56. The molecule has 0 atom stereocenters. The fourth-order valence-corrected chi connectivity index (χ4v) is 2.64. The monoisotopic (exact) mass is 350 g/mol. The molecule has 0 radical (unpaired) electrons. The molecule has 0 unspecified atom stereocenters. The van der Waals surface area contributed by atoms with Crippen molar-refractivity contribution >= 4 is 11.9 Å². The number of benzene rings is 1. The number of H-pyrrole nitrogens is 1. The summed E-state index contributed by atoms with van der Waals surface area (Å²) < 4.78 is 31.7. The van der Waals surface area contributed by atoms with Gasteiger partial charge in [-0.15, -0.1) is 0 Å². The van der Waals surface area contributed by atoms with E-state index in [-0.39, 0.29) is 24.4 Å². The molecule has 0 bridgehead atoms. The minimum absolute atomic E-state index is 0.0306. The Morgan fingerprint density at radius 1 is 1.24 bits per heavy atom. The highest BCUT2D eigenvalue weighted by Gasteiger charge is 2.25. The first-order chi connectivity index (χ1) is 11.8. The maximum atomic E-state index is 13.8. The Morgan fingerprint density at radius 3 is 2.52 bits per heavy atom. The molecule has 2 aromatic rings. The van der Waals surface area contributed by atoms with Crippen LogP contribution in [-0.4, -0.2) is 35.4 Å². The fraction of sp³-hybridized carbons (Fsp3) is 0.333. The lowest BCUT2D eigenvalue weighted by Crippen LogP contribution is -2.27. The molecule has 1 amide bonds. The third-order valence-electron chi connectivity index (χ3n) is 3.90. The summed E-state index contributed by atoms with van der Waals surface area (Å²) in [5.41, 5.74) is 1.77. The normalized spacial score (nSPS) is 10.6. The van der Waals surface area contributed by atoms with Gasteiger partial charge in [-0.3, -0.25) is 4.79 Å². The molecular weight excluding hydrogens is 330 g/mol. The van der Waals surface area contributed by atoms with Gasteiger partial charge in [0.05, 0.1) is 12.2 Å². The molecule has 2 rings (SSSR count). The zero-order valence-corrected chi connectivity index (χ0v) is 14.6. The van der Waals surface area contributed by atoms with E-state index in [9.17, 15) is 18.4 Å². The van der Waals surface area contributed by atoms with Crippen molar-refractivity contribution in [2.45, 2.75) is 27.3 Å². The van der Waals surface area contributed by atoms with E-state index in [4.69, 9.17) is 4.74 Å². The second kappa shape index (κ2) is 7.46. The lowest BCUT2D eigenvalue weighted by molar-refractivity contribution is 0.0525. The van der Waals surface area contributed by atoms with Crippen molar-refractivity contribution < 1.29 is 23.1 Å². The van der Waals surface area contributed by atoms with E-state index < -0.39 is 23.5 Å². The van der Waals surface area contributed by atoms with Crippen LogP contribution in [0.15, 0.2) is 18.2 Å². The van der Waals surface area contributed by atoms with Gasteiger partial charge < -0.3 is 14.6 Å². The number of halogens is 2. The second-order valence-corrected chi connectivity index (χ2v) is 5.74. The van der Waals surface area contributed by atoms with Crippen LogP contribution >= 0.6 is 0 Å². The van der Waals surface area contributed by atoms with Crippen molar-refractivity contribution in [2.24, 2.45) is 0 Å². The molecule has 0 saturated carbocycles. The number of esters is 1. The molecule has 0 aliphatic rings. The van der Waals surface area contributed by atoms with Gasteiger partial charge in [-0.05, 0) is 32.4 Å². The van der Waals surface area contributed by atoms with Crippen LogP contribution in [0.2, 0.25) is 0 Å². The lowest BCUT2D eigenvalue weighted by Gasteiger charge is -2.17. The standard InChI is InChI=1S/C18H20F2N2O3/c1-5-25-18(24)15-10(2)16(21-11(15)3)17(23)22(4)9-12-6-7-13(19)8-14(12)20/h6-8,21H,5,9H2,1-4H3. The predicted molar refractivity (Wildman–Crippen MR) is 88.4 cm³/mol. The zero-order valence-electron chi connectivity index (χ0n) is 14.6. The second-order valence-electron chi connectivity index (χ2n) is 5.74. The van der Waals surface area contributed by atoms with Crippen molar-refractivity contribution in [3.05, 3.63) is 57.9 Å². The summed E-state index contributed by atoms with van der Waals surface area (Å²) >= 11 is 0. The molecule has 0 aliphatic heterocycles. The Hall–Kier alpha value is -2.70. The third kappa shape index (κ3) is 3.87. The van der Waals surface area contributed by atoms with Gasteiger partial charge in [0.25, 0.3) is 5.91 Å². The van der Waals surface area contributed by atoms with E-state index in [1.54, 1.807) is 20.8 Å². The first-order valence-electron chi connectivity index (χ1n) is 7.81. The van der Waals surface area contributed by atoms with Gasteiger partial charge in [-0.25, -0.2) is 13.6 Å². The van der Waals surface area contributed by atoms with E-state index in [1.807, 2.05) is 0 Å². The van der Waals surface area contributed by atoms with Gasteiger partial charge >= 0.3 is 5.97 Å². The lowest BCUT2D eigenvalue weighted by atomic mass is 10.1. The van der Waals surface area contributed by atoms with E-state index >= 15 is 0 Å². The van der Waals surface area contributed by atoms with E-state index in [2.05, 4.69) is 4.98 Å². The quantitative estimate of drug-likeness (QED) is 0.841. The number of carbonyl (C=O) groups is 2. The molecule has 0 fully saturated rings. The summed E-state index contributed by atoms with van der Waals surface area (Å²) in [4.78, 5) is 28.8. The highest BCUT2D eigenvalue weighted by Crippen LogP contribution is 2.21. The minimum Gasteiger partial charge on any atom is -0.462 e. The first kappa shape index (κ1) is 18.6. The molecule has 1 aromatic heterocycles. The van der Waals surface area contributed by atoms with Gasteiger partial charge in [0.2, 0.25) is 0 Å². The number of rotatable bonds is 5. The van der Waals surface area contributed by atoms with E-state index in [1.165, 1.54) is 18.0 Å². The van der Waals surface area contributed by atoms with Crippen molar-refractivity contribution in [2.75, 3.05) is 13.7 Å². The molecular formula is C18H20F2N2O3. The summed E-state index contributed by atoms with van der Waals surface area (Å²) in [5.74, 6) is -2.30. The number of aromatic amines is 1. The van der Waals surface area contributed by atoms with Crippen molar-refractivity contribution in [3.8, 4) is 0 Å². The molecule has 0 spiro atoms. The van der Waals surface area contributed by atoms with Gasteiger partial charge in [0, 0.05) is 30.9 Å². The molecule has 134 valence electrons. The largest absolute Gasteiger partial charge is 0.462 e. The summed E-state index contributed by atoms with van der Waals surface area (Å²) in [7, 11) is 1.50. The Balaban J connectivity index is 2.25. The minimum atomic E-state index is -0.716. The van der Waals surface area contributed by atoms with E-state index in [0.717, 1.165) is 12.1 Å². The Labute approximate surface area is 144 Å². The van der Waals surface area contributed by atoms with Crippen molar-refractivity contribution in [3.63, 3.8) is 0 Å². The maximum absolute atomic E-state index is 13.8. The number of carbonyl (C=O) groups excluding carboxylic acids is 2. The van der Waals surface area contributed by atoms with Crippen LogP contribution in [0.4, 0.5) is 8.78 Å². The van der Waals surface area contributed by atoms with Gasteiger partial charge in [-0.2, -0.15) is 0 Å². The topological polar surface area (TPSA) is 62.4 Å². The molecule has 25 heavy (non-hydrogen) atoms. The highest BCUT2D eigenvalue weighted by atomic mass is 19.1. The van der Waals surface area contributed by atoms with E-state index in [0.29, 0.717) is 16.8 Å². The maximum Gasteiger partial charge on any atom is 0.340 e. The van der Waals surface area contributed by atoms with Crippen molar-refractivity contribution in [1.82, 2.24) is 9.88 Å². The van der Waals surface area contributed by atoms with Crippen molar-refractivity contribution in [1.29, 1.82) is 0 Å². The number of nitrogens with one attached hydrogen (secondary N) is 1. The van der Waals surface area contributed by atoms with Gasteiger partial charge in [0.1, 0.15) is 17.3 Å². The number of hydrogen-bond acceptors (Lipinski definition) is 3. The summed E-state index contributed by atoms with van der Waals surface area (Å²) in [5, 5.41) is 0. The summed E-state index contributed by atoms with van der Waals surface area (Å²) in [6, 6.07) is 3.21. The number of amides is 1. The van der Waals surface area contributed by atoms with Crippen LogP contribution < -0.4 is 0 Å². The smallest absolute Gasteiger partial charge is 0.340 e. The molecule has 1 heterocycles. The average molecular weight is 350 g/mol. The molecule has 0 aliphatic carbocycles. The SMILES string of the molecule is CCOC(=O)c1c(C)[nH]c(C(=O)N(C)Cc2ccc(F)cc2F)c1C. The number of aryl methyl sites for hydroxylation is 1. The molecule has 0 saturated heterocycles. The average Bonchev–Trinajstić information content (AvgIpc) is 2.84. The third-order valence-corrected chi connectivity index (χ3v) is 3.90. The Morgan fingerprint density at radius 2 is 1.92 bits per heavy atom. The molecule has 5 nitrogen and oxygen atoms in total. The first-order valence-corrected chi connectivity index (χ1v) is 7.81. The van der Waals surface area contributed by atoms with Crippen LogP contribution in [0.3, 0.4) is 0 Å². The van der Waals surface area contributed by atoms with Crippen LogP contribution in [-0.2, 0) is 11.3 Å². The fourth-order valence-electron chi connectivity index (χ4n) is 2.64. The van der Waals surface area contributed by atoms with Crippen LogP contribution in [0.1, 0.15) is 44.6 Å². The van der Waals surface area contributed by atoms with Crippen LogP contribution in [0.5, 0.6) is 0 Å². The summed E-state index contributed by atoms with van der Waals surface area (Å²) in [6.45, 7) is 5.23. The highest BCUT2D eigenvalue weighted by molar-refractivity contribution is 6.00. The molecule has 7 heteroatoms. The number of hydrogen-bond donors (Lipinski definition) is 1. The van der Waals surface area contributed by atoms with Gasteiger partial charge in [-0.1, -0.05) is 6.07 Å². The van der Waals surface area contributed by atoms with Crippen LogP contribution in [0.25, 0.3) is 0 Å². The number of nitrogens with zero attached hydrogens (tertiary/aromatic N) is 1. The number of aromatic nitrogens is 1. The van der Waals surface area contributed by atoms with Gasteiger partial charge in [0.15, 0.2) is 0 Å². The molecule has 1 N–H and O–H groups in total.